The highest BCUT2D eigenvalue weighted by atomic mass is 35.5. The summed E-state index contributed by atoms with van der Waals surface area (Å²) in [6.07, 6.45) is 1.49. The van der Waals surface area contributed by atoms with Crippen LogP contribution < -0.4 is 24.3 Å². The van der Waals surface area contributed by atoms with Crippen LogP contribution in [-0.4, -0.2) is 19.1 Å². The second-order valence-corrected chi connectivity index (χ2v) is 9.43. The van der Waals surface area contributed by atoms with Gasteiger partial charge in [0, 0.05) is 0 Å². The fourth-order valence-electron chi connectivity index (χ4n) is 4.00. The van der Waals surface area contributed by atoms with Crippen LogP contribution in [0.25, 0.3) is 6.08 Å². The lowest BCUT2D eigenvalue weighted by molar-refractivity contribution is -0.112. The molecule has 4 aromatic rings. The molecule has 0 radical (unpaired) electrons. The molecule has 0 aliphatic heterocycles. The number of rotatable bonds is 13. The lowest BCUT2D eigenvalue weighted by Crippen LogP contribution is -2.13. The Balaban J connectivity index is 1.47. The Bertz CT molecular complexity index is 1580. The van der Waals surface area contributed by atoms with Crippen molar-refractivity contribution in [2.45, 2.75) is 27.1 Å². The number of carbonyl (C=O) groups excluding carboxylic acids is 1. The number of hydrogen-bond acceptors (Lipinski definition) is 6. The van der Waals surface area contributed by atoms with Crippen LogP contribution in [0.5, 0.6) is 23.0 Å². The molecule has 0 atom stereocenters. The van der Waals surface area contributed by atoms with Gasteiger partial charge in [-0.05, 0) is 73.0 Å². The van der Waals surface area contributed by atoms with Crippen LogP contribution in [0.3, 0.4) is 0 Å². The third-order valence-electron chi connectivity index (χ3n) is 6.01. The summed E-state index contributed by atoms with van der Waals surface area (Å²) in [4.78, 5) is 12.7. The maximum absolute atomic E-state index is 12.7. The number of nitrogens with one attached hydrogen (secondary N) is 1. The summed E-state index contributed by atoms with van der Waals surface area (Å²) in [5, 5.41) is 12.7. The summed E-state index contributed by atoms with van der Waals surface area (Å²) >= 11 is 6.13. The lowest BCUT2D eigenvalue weighted by Gasteiger charge is -2.15. The maximum Gasteiger partial charge on any atom is 0.266 e. The van der Waals surface area contributed by atoms with Crippen molar-refractivity contribution >= 4 is 29.3 Å². The standard InChI is InChI=1S/C34H31ClN2O5/c1-3-39-32-19-25(18-27(21-36)34(38)37-29-13-9-8-12-28(29)35)14-16-30(32)42-23-26-15-17-31(33(20-26)40-4-2)41-22-24-10-6-5-7-11-24/h5-20H,3-4,22-23H2,1-2H3,(H,37,38)/b27-18+. The van der Waals surface area contributed by atoms with Gasteiger partial charge >= 0.3 is 0 Å². The molecule has 0 spiro atoms. The molecule has 1 amide bonds. The van der Waals surface area contributed by atoms with Gasteiger partial charge in [0.15, 0.2) is 23.0 Å². The van der Waals surface area contributed by atoms with E-state index in [2.05, 4.69) is 5.32 Å². The summed E-state index contributed by atoms with van der Waals surface area (Å²) in [6, 6.07) is 29.7. The molecule has 0 bridgehead atoms. The number of hydrogen-bond donors (Lipinski definition) is 1. The summed E-state index contributed by atoms with van der Waals surface area (Å²) in [6.45, 7) is 5.39. The summed E-state index contributed by atoms with van der Waals surface area (Å²) in [5.41, 5.74) is 2.91. The number of halogens is 1. The van der Waals surface area contributed by atoms with Gasteiger partial charge < -0.3 is 24.3 Å². The van der Waals surface area contributed by atoms with Crippen molar-refractivity contribution in [3.63, 3.8) is 0 Å². The Morgan fingerprint density at radius 1 is 0.762 bits per heavy atom. The number of ether oxygens (including phenoxy) is 4. The third-order valence-corrected chi connectivity index (χ3v) is 6.33. The van der Waals surface area contributed by atoms with Gasteiger partial charge in [-0.15, -0.1) is 0 Å². The number of nitrogens with zero attached hydrogens (tertiary/aromatic N) is 1. The Morgan fingerprint density at radius 2 is 1.38 bits per heavy atom. The van der Waals surface area contributed by atoms with E-state index in [0.29, 0.717) is 59.1 Å². The van der Waals surface area contributed by atoms with Crippen molar-refractivity contribution in [2.24, 2.45) is 0 Å². The first-order valence-electron chi connectivity index (χ1n) is 13.5. The highest BCUT2D eigenvalue weighted by molar-refractivity contribution is 6.34. The molecule has 4 aromatic carbocycles. The topological polar surface area (TPSA) is 89.8 Å². The van der Waals surface area contributed by atoms with Crippen LogP contribution in [0.1, 0.15) is 30.5 Å². The number of amides is 1. The largest absolute Gasteiger partial charge is 0.490 e. The molecule has 0 saturated carbocycles. The number of carbonyl (C=O) groups is 1. The van der Waals surface area contributed by atoms with Gasteiger partial charge in [0.25, 0.3) is 5.91 Å². The highest BCUT2D eigenvalue weighted by Crippen LogP contribution is 2.33. The van der Waals surface area contributed by atoms with Crippen molar-refractivity contribution in [3.05, 3.63) is 118 Å². The molecular formula is C34H31ClN2O5. The smallest absolute Gasteiger partial charge is 0.266 e. The number of nitriles is 1. The van der Waals surface area contributed by atoms with Crippen LogP contribution in [0.4, 0.5) is 5.69 Å². The van der Waals surface area contributed by atoms with Crippen molar-refractivity contribution < 1.29 is 23.7 Å². The number of benzene rings is 4. The van der Waals surface area contributed by atoms with Crippen LogP contribution in [0.2, 0.25) is 5.02 Å². The molecule has 0 aliphatic carbocycles. The molecule has 0 unspecified atom stereocenters. The van der Waals surface area contributed by atoms with E-state index in [1.165, 1.54) is 6.08 Å². The quantitative estimate of drug-likeness (QED) is 0.128. The zero-order valence-corrected chi connectivity index (χ0v) is 24.2. The molecule has 4 rings (SSSR count). The van der Waals surface area contributed by atoms with Crippen molar-refractivity contribution in [1.29, 1.82) is 5.26 Å². The molecule has 1 N–H and O–H groups in total. The lowest BCUT2D eigenvalue weighted by atomic mass is 10.1. The predicted octanol–water partition coefficient (Wildman–Crippen LogP) is 7.84. The molecule has 0 aliphatic rings. The van der Waals surface area contributed by atoms with E-state index in [1.54, 1.807) is 42.5 Å². The monoisotopic (exact) mass is 582 g/mol. The van der Waals surface area contributed by atoms with E-state index < -0.39 is 5.91 Å². The summed E-state index contributed by atoms with van der Waals surface area (Å²) in [7, 11) is 0. The number of anilines is 1. The average Bonchev–Trinajstić information content (AvgIpc) is 3.01. The van der Waals surface area contributed by atoms with Gasteiger partial charge in [-0.25, -0.2) is 0 Å². The van der Waals surface area contributed by atoms with E-state index >= 15 is 0 Å². The second-order valence-electron chi connectivity index (χ2n) is 9.02. The molecule has 8 heteroatoms. The molecular weight excluding hydrogens is 552 g/mol. The molecule has 0 heterocycles. The minimum Gasteiger partial charge on any atom is -0.490 e. The fourth-order valence-corrected chi connectivity index (χ4v) is 4.18. The molecule has 0 aromatic heterocycles. The Labute approximate surface area is 250 Å². The average molecular weight is 583 g/mol. The van der Waals surface area contributed by atoms with Gasteiger partial charge in [0.1, 0.15) is 24.9 Å². The summed E-state index contributed by atoms with van der Waals surface area (Å²) < 4.78 is 23.7. The molecule has 7 nitrogen and oxygen atoms in total. The van der Waals surface area contributed by atoms with Crippen LogP contribution in [0.15, 0.2) is 96.6 Å². The van der Waals surface area contributed by atoms with Crippen LogP contribution in [-0.2, 0) is 18.0 Å². The first-order chi connectivity index (χ1) is 20.5. The van der Waals surface area contributed by atoms with Crippen molar-refractivity contribution in [3.8, 4) is 29.1 Å². The number of para-hydroxylation sites is 1. The molecule has 42 heavy (non-hydrogen) atoms. The predicted molar refractivity (Wildman–Crippen MR) is 164 cm³/mol. The van der Waals surface area contributed by atoms with E-state index in [0.717, 1.165) is 11.1 Å². The van der Waals surface area contributed by atoms with E-state index in [9.17, 15) is 10.1 Å². The molecule has 0 fully saturated rings. The zero-order chi connectivity index (χ0) is 29.7. The highest BCUT2D eigenvalue weighted by Gasteiger charge is 2.14. The normalized spacial score (nSPS) is 10.9. The summed E-state index contributed by atoms with van der Waals surface area (Å²) in [5.74, 6) is 1.74. The first-order valence-corrected chi connectivity index (χ1v) is 13.9. The minimum absolute atomic E-state index is 0.0796. The zero-order valence-electron chi connectivity index (χ0n) is 23.4. The van der Waals surface area contributed by atoms with E-state index in [4.69, 9.17) is 30.5 Å². The van der Waals surface area contributed by atoms with E-state index in [-0.39, 0.29) is 12.2 Å². The van der Waals surface area contributed by atoms with Gasteiger partial charge in [-0.3, -0.25) is 4.79 Å². The SMILES string of the molecule is CCOc1cc(/C=C(\C#N)C(=O)Nc2ccccc2Cl)ccc1OCc1ccc(OCc2ccccc2)c(OCC)c1. The minimum atomic E-state index is -0.565. The third kappa shape index (κ3) is 8.29. The van der Waals surface area contributed by atoms with Gasteiger partial charge in [0.05, 0.1) is 23.9 Å². The van der Waals surface area contributed by atoms with Crippen molar-refractivity contribution in [1.82, 2.24) is 0 Å². The van der Waals surface area contributed by atoms with Gasteiger partial charge in [-0.1, -0.05) is 66.2 Å². The Kier molecular flexibility index (Phi) is 10.9. The van der Waals surface area contributed by atoms with Crippen LogP contribution in [0, 0.1) is 11.3 Å². The fraction of sp³-hybridized carbons (Fsp3) is 0.176. The van der Waals surface area contributed by atoms with Gasteiger partial charge in [0.2, 0.25) is 0 Å². The maximum atomic E-state index is 12.7. The van der Waals surface area contributed by atoms with E-state index in [1.807, 2.05) is 68.4 Å². The van der Waals surface area contributed by atoms with Crippen LogP contribution >= 0.6 is 11.6 Å². The molecule has 214 valence electrons. The first kappa shape index (κ1) is 30.0. The van der Waals surface area contributed by atoms with Crippen molar-refractivity contribution in [2.75, 3.05) is 18.5 Å². The Morgan fingerprint density at radius 3 is 2.05 bits per heavy atom. The molecule has 0 saturated heterocycles. The van der Waals surface area contributed by atoms with Gasteiger partial charge in [-0.2, -0.15) is 5.26 Å². The second kappa shape index (κ2) is 15.2. The Hall–Kier alpha value is -4.93.